The molecule has 28 heavy (non-hydrogen) atoms. The lowest BCUT2D eigenvalue weighted by atomic mass is 10.0. The molecule has 0 radical (unpaired) electrons. The highest BCUT2D eigenvalue weighted by atomic mass is 16.5. The minimum atomic E-state index is -0.538. The first kappa shape index (κ1) is 19.7. The third kappa shape index (κ3) is 3.95. The first-order valence-electron chi connectivity index (χ1n) is 9.28. The fourth-order valence-electron chi connectivity index (χ4n) is 3.78. The van der Waals surface area contributed by atoms with Gasteiger partial charge in [-0.1, -0.05) is 0 Å². The molecule has 0 bridgehead atoms. The Kier molecular flexibility index (Phi) is 5.87. The number of nitrogens with one attached hydrogen (secondary N) is 2. The van der Waals surface area contributed by atoms with E-state index in [9.17, 15) is 14.4 Å². The molecule has 2 N–H and O–H groups in total. The molecule has 0 spiro atoms. The molecular formula is C20H25N3O5. The lowest BCUT2D eigenvalue weighted by Crippen LogP contribution is -2.32. The highest BCUT2D eigenvalue weighted by molar-refractivity contribution is 5.77. The van der Waals surface area contributed by atoms with Crippen LogP contribution in [-0.4, -0.2) is 41.5 Å². The maximum absolute atomic E-state index is 12.9. The SMILES string of the molecule is COc1ccc([C@@H]2CCCN2C(=O)CCc2c(C)[nH]c(=O)[nH]c2=O)c(OC)c1. The number of rotatable bonds is 6. The Balaban J connectivity index is 1.77. The first-order valence-corrected chi connectivity index (χ1v) is 9.28. The molecule has 1 fully saturated rings. The number of hydrogen-bond donors (Lipinski definition) is 2. The van der Waals surface area contributed by atoms with Crippen LogP contribution >= 0.6 is 0 Å². The van der Waals surface area contributed by atoms with E-state index in [1.165, 1.54) is 0 Å². The normalized spacial score (nSPS) is 16.2. The second kappa shape index (κ2) is 8.33. The van der Waals surface area contributed by atoms with E-state index in [0.717, 1.165) is 18.4 Å². The van der Waals surface area contributed by atoms with Gasteiger partial charge in [-0.15, -0.1) is 0 Å². The number of ether oxygens (including phenoxy) is 2. The number of nitrogens with zero attached hydrogens (tertiary/aromatic N) is 1. The second-order valence-electron chi connectivity index (χ2n) is 6.86. The number of benzene rings is 1. The predicted molar refractivity (Wildman–Crippen MR) is 104 cm³/mol. The maximum atomic E-state index is 12.9. The minimum Gasteiger partial charge on any atom is -0.497 e. The van der Waals surface area contributed by atoms with Crippen LogP contribution < -0.4 is 20.7 Å². The average molecular weight is 387 g/mol. The van der Waals surface area contributed by atoms with Crippen LogP contribution in [0.1, 0.15) is 42.1 Å². The summed E-state index contributed by atoms with van der Waals surface area (Å²) < 4.78 is 10.8. The Hall–Kier alpha value is -3.03. The summed E-state index contributed by atoms with van der Waals surface area (Å²) in [6.45, 7) is 2.33. The zero-order chi connectivity index (χ0) is 20.3. The van der Waals surface area contributed by atoms with Crippen molar-refractivity contribution in [2.75, 3.05) is 20.8 Å². The number of hydrogen-bond acceptors (Lipinski definition) is 5. The summed E-state index contributed by atoms with van der Waals surface area (Å²) in [4.78, 5) is 42.8. The summed E-state index contributed by atoms with van der Waals surface area (Å²) in [5.74, 6) is 1.37. The molecule has 1 atom stereocenters. The van der Waals surface area contributed by atoms with Crippen molar-refractivity contribution in [1.29, 1.82) is 0 Å². The van der Waals surface area contributed by atoms with Crippen molar-refractivity contribution in [3.8, 4) is 11.5 Å². The molecule has 1 amide bonds. The number of H-pyrrole nitrogens is 2. The molecule has 150 valence electrons. The molecule has 1 aliphatic heterocycles. The van der Waals surface area contributed by atoms with Crippen molar-refractivity contribution in [2.45, 2.75) is 38.6 Å². The standard InChI is InChI=1S/C20H25N3O5/c1-12-14(19(25)22-20(26)21-12)8-9-18(24)23-10-4-5-16(23)15-7-6-13(27-2)11-17(15)28-3/h6-7,11,16H,4-5,8-10H2,1-3H3,(H2,21,22,25,26)/t16-/m0/s1. The summed E-state index contributed by atoms with van der Waals surface area (Å²) >= 11 is 0. The number of aromatic nitrogens is 2. The number of aromatic amines is 2. The fraction of sp³-hybridized carbons (Fsp3) is 0.450. The second-order valence-corrected chi connectivity index (χ2v) is 6.86. The van der Waals surface area contributed by atoms with Crippen molar-refractivity contribution in [3.05, 3.63) is 55.9 Å². The van der Waals surface area contributed by atoms with Crippen LogP contribution in [0.15, 0.2) is 27.8 Å². The molecule has 3 rings (SSSR count). The van der Waals surface area contributed by atoms with Crippen LogP contribution in [0.4, 0.5) is 0 Å². The lowest BCUT2D eigenvalue weighted by Gasteiger charge is -2.26. The molecule has 8 nitrogen and oxygen atoms in total. The Morgan fingerprint density at radius 1 is 1.21 bits per heavy atom. The molecule has 2 aromatic rings. The van der Waals surface area contributed by atoms with Gasteiger partial charge in [-0.05, 0) is 38.3 Å². The van der Waals surface area contributed by atoms with Crippen LogP contribution in [0, 0.1) is 6.92 Å². The third-order valence-electron chi connectivity index (χ3n) is 5.22. The Labute approximate surface area is 162 Å². The zero-order valence-electron chi connectivity index (χ0n) is 16.3. The molecular weight excluding hydrogens is 362 g/mol. The van der Waals surface area contributed by atoms with Gasteiger partial charge in [-0.25, -0.2) is 4.79 Å². The summed E-state index contributed by atoms with van der Waals surface area (Å²) in [7, 11) is 3.20. The summed E-state index contributed by atoms with van der Waals surface area (Å²) in [6.07, 6.45) is 2.24. The summed E-state index contributed by atoms with van der Waals surface area (Å²) in [5, 5.41) is 0. The topological polar surface area (TPSA) is 104 Å². The fourth-order valence-corrected chi connectivity index (χ4v) is 3.78. The predicted octanol–water partition coefficient (Wildman–Crippen LogP) is 1.69. The summed E-state index contributed by atoms with van der Waals surface area (Å²) in [5.41, 5.74) is 0.905. The third-order valence-corrected chi connectivity index (χ3v) is 5.22. The van der Waals surface area contributed by atoms with Crippen LogP contribution in [0.3, 0.4) is 0 Å². The van der Waals surface area contributed by atoms with Crippen LogP contribution in [0.5, 0.6) is 11.5 Å². The van der Waals surface area contributed by atoms with Gasteiger partial charge in [0, 0.05) is 35.9 Å². The molecule has 1 aromatic heterocycles. The van der Waals surface area contributed by atoms with Gasteiger partial charge in [0.05, 0.1) is 20.3 Å². The first-order chi connectivity index (χ1) is 13.4. The van der Waals surface area contributed by atoms with Gasteiger partial charge >= 0.3 is 5.69 Å². The quantitative estimate of drug-likeness (QED) is 0.785. The van der Waals surface area contributed by atoms with Crippen molar-refractivity contribution >= 4 is 5.91 Å². The average Bonchev–Trinajstić information content (AvgIpc) is 3.16. The molecule has 0 aliphatic carbocycles. The van der Waals surface area contributed by atoms with Crippen molar-refractivity contribution in [3.63, 3.8) is 0 Å². The van der Waals surface area contributed by atoms with Gasteiger partial charge in [-0.3, -0.25) is 14.6 Å². The van der Waals surface area contributed by atoms with E-state index in [4.69, 9.17) is 9.47 Å². The molecule has 1 saturated heterocycles. The lowest BCUT2D eigenvalue weighted by molar-refractivity contribution is -0.132. The van der Waals surface area contributed by atoms with Crippen molar-refractivity contribution < 1.29 is 14.3 Å². The monoisotopic (exact) mass is 387 g/mol. The summed E-state index contributed by atoms with van der Waals surface area (Å²) in [6, 6.07) is 5.55. The Bertz CT molecular complexity index is 979. The van der Waals surface area contributed by atoms with Crippen LogP contribution in [-0.2, 0) is 11.2 Å². The highest BCUT2D eigenvalue weighted by Gasteiger charge is 2.31. The van der Waals surface area contributed by atoms with Gasteiger partial charge in [0.1, 0.15) is 11.5 Å². The van der Waals surface area contributed by atoms with Gasteiger partial charge in [0.25, 0.3) is 5.56 Å². The van der Waals surface area contributed by atoms with E-state index in [-0.39, 0.29) is 24.8 Å². The number of amides is 1. The van der Waals surface area contributed by atoms with Gasteiger partial charge in [-0.2, -0.15) is 0 Å². The molecule has 2 heterocycles. The minimum absolute atomic E-state index is 0.0228. The molecule has 0 saturated carbocycles. The highest BCUT2D eigenvalue weighted by Crippen LogP contribution is 2.39. The Morgan fingerprint density at radius 3 is 2.68 bits per heavy atom. The number of aryl methyl sites for hydroxylation is 1. The van der Waals surface area contributed by atoms with Crippen LogP contribution in [0.2, 0.25) is 0 Å². The van der Waals surface area contributed by atoms with E-state index in [2.05, 4.69) is 9.97 Å². The van der Waals surface area contributed by atoms with Gasteiger partial charge in [0.2, 0.25) is 5.91 Å². The number of likely N-dealkylation sites (tertiary alicyclic amines) is 1. The van der Waals surface area contributed by atoms with Gasteiger partial charge < -0.3 is 19.4 Å². The van der Waals surface area contributed by atoms with Crippen LogP contribution in [0.25, 0.3) is 0 Å². The number of methoxy groups -OCH3 is 2. The molecule has 8 heteroatoms. The largest absolute Gasteiger partial charge is 0.497 e. The molecule has 1 aliphatic rings. The van der Waals surface area contributed by atoms with E-state index in [0.29, 0.717) is 29.3 Å². The van der Waals surface area contributed by atoms with Gasteiger partial charge in [0.15, 0.2) is 0 Å². The Morgan fingerprint density at radius 2 is 2.00 bits per heavy atom. The molecule has 0 unspecified atom stereocenters. The maximum Gasteiger partial charge on any atom is 0.325 e. The van der Waals surface area contributed by atoms with E-state index in [1.807, 2.05) is 23.1 Å². The van der Waals surface area contributed by atoms with E-state index >= 15 is 0 Å². The number of carbonyl (C=O) groups is 1. The smallest absolute Gasteiger partial charge is 0.325 e. The van der Waals surface area contributed by atoms with E-state index < -0.39 is 11.2 Å². The zero-order valence-corrected chi connectivity index (χ0v) is 16.3. The van der Waals surface area contributed by atoms with Crippen molar-refractivity contribution in [2.24, 2.45) is 0 Å². The van der Waals surface area contributed by atoms with Crippen molar-refractivity contribution in [1.82, 2.24) is 14.9 Å². The molecule has 1 aromatic carbocycles. The number of carbonyl (C=O) groups excluding carboxylic acids is 1. The van der Waals surface area contributed by atoms with E-state index in [1.54, 1.807) is 21.1 Å².